The molecular weight excluding hydrogens is 142 g/mol. The normalized spacial score (nSPS) is 14.0. The first-order chi connectivity index (χ1) is 5.33. The van der Waals surface area contributed by atoms with Crippen molar-refractivity contribution >= 4 is 0 Å². The molecule has 0 bridgehead atoms. The van der Waals surface area contributed by atoms with Gasteiger partial charge in [0.1, 0.15) is 12.7 Å². The van der Waals surface area contributed by atoms with E-state index in [9.17, 15) is 5.11 Å². The molecule has 11 heavy (non-hydrogen) atoms. The predicted octanol–water partition coefficient (Wildman–Crippen LogP) is 0.215. The van der Waals surface area contributed by atoms with E-state index in [4.69, 9.17) is 0 Å². The Morgan fingerprint density at radius 1 is 1.73 bits per heavy atom. The quantitative estimate of drug-likeness (QED) is 0.632. The van der Waals surface area contributed by atoms with Crippen molar-refractivity contribution < 1.29 is 5.11 Å². The lowest BCUT2D eigenvalue weighted by atomic mass is 10.3. The van der Waals surface area contributed by atoms with E-state index in [1.165, 1.54) is 6.33 Å². The van der Waals surface area contributed by atoms with Crippen molar-refractivity contribution in [3.63, 3.8) is 0 Å². The topological polar surface area (TPSA) is 50.9 Å². The summed E-state index contributed by atoms with van der Waals surface area (Å²) in [6.07, 6.45) is 6.07. The Hall–Kier alpha value is -1.16. The molecule has 0 aliphatic carbocycles. The lowest BCUT2D eigenvalue weighted by Crippen LogP contribution is -2.13. The van der Waals surface area contributed by atoms with Gasteiger partial charge in [-0.1, -0.05) is 12.2 Å². The van der Waals surface area contributed by atoms with Crippen LogP contribution in [0.2, 0.25) is 0 Å². The fourth-order valence-corrected chi connectivity index (χ4v) is 0.802. The van der Waals surface area contributed by atoms with Crippen LogP contribution in [0.25, 0.3) is 0 Å². The average molecular weight is 153 g/mol. The zero-order chi connectivity index (χ0) is 8.10. The van der Waals surface area contributed by atoms with Crippen LogP contribution in [0.1, 0.15) is 6.92 Å². The Morgan fingerprint density at radius 3 is 3.09 bits per heavy atom. The number of aliphatic hydroxyl groups is 1. The first-order valence-corrected chi connectivity index (χ1v) is 3.46. The van der Waals surface area contributed by atoms with Crippen LogP contribution < -0.4 is 0 Å². The maximum Gasteiger partial charge on any atom is 0.137 e. The molecule has 1 rings (SSSR count). The fraction of sp³-hybridized carbons (Fsp3) is 0.429. The van der Waals surface area contributed by atoms with E-state index in [0.29, 0.717) is 6.54 Å². The third kappa shape index (κ3) is 2.51. The number of hydrogen-bond acceptors (Lipinski definition) is 3. The molecule has 1 aromatic rings. The van der Waals surface area contributed by atoms with Crippen LogP contribution in [-0.2, 0) is 6.54 Å². The van der Waals surface area contributed by atoms with Gasteiger partial charge in [-0.15, -0.1) is 0 Å². The van der Waals surface area contributed by atoms with Gasteiger partial charge in [-0.2, -0.15) is 5.10 Å². The van der Waals surface area contributed by atoms with Crippen molar-refractivity contribution in [2.75, 3.05) is 0 Å². The van der Waals surface area contributed by atoms with Crippen LogP contribution >= 0.6 is 0 Å². The van der Waals surface area contributed by atoms with Gasteiger partial charge >= 0.3 is 0 Å². The van der Waals surface area contributed by atoms with Crippen LogP contribution in [0.4, 0.5) is 0 Å². The average Bonchev–Trinajstić information content (AvgIpc) is 2.40. The van der Waals surface area contributed by atoms with Crippen molar-refractivity contribution in [3.8, 4) is 0 Å². The number of nitrogens with zero attached hydrogens (tertiary/aromatic N) is 3. The van der Waals surface area contributed by atoms with E-state index in [1.807, 2.05) is 13.0 Å². The summed E-state index contributed by atoms with van der Waals surface area (Å²) in [6.45, 7) is 2.33. The molecule has 1 heterocycles. The van der Waals surface area contributed by atoms with Gasteiger partial charge in [0.2, 0.25) is 0 Å². The minimum atomic E-state index is -0.471. The zero-order valence-corrected chi connectivity index (χ0v) is 6.38. The highest BCUT2D eigenvalue weighted by Gasteiger charge is 1.98. The highest BCUT2D eigenvalue weighted by Crippen LogP contribution is 1.90. The summed E-state index contributed by atoms with van der Waals surface area (Å²) in [5, 5.41) is 13.1. The largest absolute Gasteiger partial charge is 0.387 e. The summed E-state index contributed by atoms with van der Waals surface area (Å²) >= 11 is 0. The van der Waals surface area contributed by atoms with Crippen molar-refractivity contribution in [1.29, 1.82) is 0 Å². The van der Waals surface area contributed by atoms with Crippen molar-refractivity contribution in [1.82, 2.24) is 14.8 Å². The molecular formula is C7H11N3O. The molecule has 0 saturated carbocycles. The number of hydrogen-bond donors (Lipinski definition) is 1. The molecule has 0 amide bonds. The summed E-state index contributed by atoms with van der Waals surface area (Å²) < 4.78 is 1.59. The van der Waals surface area contributed by atoms with E-state index in [1.54, 1.807) is 17.1 Å². The maximum absolute atomic E-state index is 9.25. The Kier molecular flexibility index (Phi) is 2.80. The second-order valence-corrected chi connectivity index (χ2v) is 2.21. The molecule has 1 N–H and O–H groups in total. The van der Waals surface area contributed by atoms with Crippen LogP contribution in [0, 0.1) is 0 Å². The van der Waals surface area contributed by atoms with E-state index < -0.39 is 6.10 Å². The standard InChI is InChI=1S/C7H11N3O/c1-2-3-7(11)4-10-6-8-5-9-10/h2-3,5-7,11H,4H2,1H3. The second-order valence-electron chi connectivity index (χ2n) is 2.21. The summed E-state index contributed by atoms with van der Waals surface area (Å²) in [5.74, 6) is 0. The SMILES string of the molecule is CC=CC(O)Cn1cncn1. The molecule has 4 nitrogen and oxygen atoms in total. The van der Waals surface area contributed by atoms with E-state index in [-0.39, 0.29) is 0 Å². The van der Waals surface area contributed by atoms with E-state index in [2.05, 4.69) is 10.1 Å². The molecule has 0 aliphatic rings. The third-order valence-corrected chi connectivity index (χ3v) is 1.26. The van der Waals surface area contributed by atoms with Crippen molar-refractivity contribution in [2.45, 2.75) is 19.6 Å². The third-order valence-electron chi connectivity index (χ3n) is 1.26. The first-order valence-electron chi connectivity index (χ1n) is 3.46. The van der Waals surface area contributed by atoms with Crippen molar-refractivity contribution in [2.24, 2.45) is 0 Å². The number of rotatable bonds is 3. The maximum atomic E-state index is 9.25. The van der Waals surface area contributed by atoms with Crippen LogP contribution in [0.15, 0.2) is 24.8 Å². The molecule has 0 spiro atoms. The molecule has 0 fully saturated rings. The minimum Gasteiger partial charge on any atom is -0.387 e. The molecule has 0 saturated heterocycles. The zero-order valence-electron chi connectivity index (χ0n) is 6.38. The van der Waals surface area contributed by atoms with Gasteiger partial charge in [-0.25, -0.2) is 4.98 Å². The molecule has 0 radical (unpaired) electrons. The predicted molar refractivity (Wildman–Crippen MR) is 40.8 cm³/mol. The summed E-state index contributed by atoms with van der Waals surface area (Å²) in [6, 6.07) is 0. The van der Waals surface area contributed by atoms with Gasteiger partial charge in [0, 0.05) is 0 Å². The molecule has 4 heteroatoms. The Bertz CT molecular complexity index is 218. The molecule has 60 valence electrons. The van der Waals surface area contributed by atoms with Gasteiger partial charge in [0.05, 0.1) is 12.6 Å². The Balaban J connectivity index is 2.43. The molecule has 1 aromatic heterocycles. The highest BCUT2D eigenvalue weighted by atomic mass is 16.3. The molecule has 1 unspecified atom stereocenters. The number of aromatic nitrogens is 3. The van der Waals surface area contributed by atoms with E-state index in [0.717, 1.165) is 0 Å². The van der Waals surface area contributed by atoms with Crippen LogP contribution in [-0.4, -0.2) is 26.0 Å². The summed E-state index contributed by atoms with van der Waals surface area (Å²) in [5.41, 5.74) is 0. The summed E-state index contributed by atoms with van der Waals surface area (Å²) in [7, 11) is 0. The van der Waals surface area contributed by atoms with Gasteiger partial charge in [0.15, 0.2) is 0 Å². The molecule has 1 atom stereocenters. The molecule has 0 aromatic carbocycles. The first kappa shape index (κ1) is 7.94. The number of aliphatic hydroxyl groups excluding tert-OH is 1. The second kappa shape index (κ2) is 3.88. The number of allylic oxidation sites excluding steroid dienone is 1. The van der Waals surface area contributed by atoms with Gasteiger partial charge in [-0.3, -0.25) is 4.68 Å². The smallest absolute Gasteiger partial charge is 0.137 e. The molecule has 0 aliphatic heterocycles. The highest BCUT2D eigenvalue weighted by molar-refractivity contribution is 4.85. The Morgan fingerprint density at radius 2 is 2.55 bits per heavy atom. The van der Waals surface area contributed by atoms with Crippen LogP contribution in [0.5, 0.6) is 0 Å². The van der Waals surface area contributed by atoms with Crippen molar-refractivity contribution in [3.05, 3.63) is 24.8 Å². The van der Waals surface area contributed by atoms with E-state index >= 15 is 0 Å². The Labute approximate surface area is 65.2 Å². The summed E-state index contributed by atoms with van der Waals surface area (Å²) in [4.78, 5) is 3.75. The van der Waals surface area contributed by atoms with Gasteiger partial charge in [-0.05, 0) is 6.92 Å². The monoisotopic (exact) mass is 153 g/mol. The van der Waals surface area contributed by atoms with Gasteiger partial charge in [0.25, 0.3) is 0 Å². The van der Waals surface area contributed by atoms with Gasteiger partial charge < -0.3 is 5.11 Å². The fourth-order valence-electron chi connectivity index (χ4n) is 0.802. The lowest BCUT2D eigenvalue weighted by Gasteiger charge is -2.03. The van der Waals surface area contributed by atoms with Crippen LogP contribution in [0.3, 0.4) is 0 Å². The lowest BCUT2D eigenvalue weighted by molar-refractivity contribution is 0.195. The minimum absolute atomic E-state index is 0.463.